The summed E-state index contributed by atoms with van der Waals surface area (Å²) in [5.41, 5.74) is -1.18. The lowest BCUT2D eigenvalue weighted by atomic mass is 10.1. The Labute approximate surface area is 197 Å². The minimum absolute atomic E-state index is 0.0385. The van der Waals surface area contributed by atoms with Gasteiger partial charge in [0.05, 0.1) is 23.0 Å². The molecule has 0 radical (unpaired) electrons. The molecule has 3 heterocycles. The summed E-state index contributed by atoms with van der Waals surface area (Å²) in [6.45, 7) is 2.44. The summed E-state index contributed by atoms with van der Waals surface area (Å²) < 4.78 is 55.6. The van der Waals surface area contributed by atoms with E-state index in [0.29, 0.717) is 37.9 Å². The van der Waals surface area contributed by atoms with Crippen molar-refractivity contribution in [3.8, 4) is 0 Å². The summed E-state index contributed by atoms with van der Waals surface area (Å²) >= 11 is 0. The molecule has 0 unspecified atom stereocenters. The van der Waals surface area contributed by atoms with Crippen LogP contribution in [0.3, 0.4) is 0 Å². The number of nitrogens with zero attached hydrogens (tertiary/aromatic N) is 3. The average Bonchev–Trinajstić information content (AvgIpc) is 3.66. The largest absolute Gasteiger partial charge is 0.368 e. The van der Waals surface area contributed by atoms with Gasteiger partial charge in [0.15, 0.2) is 5.82 Å². The Balaban J connectivity index is 1.25. The van der Waals surface area contributed by atoms with Crippen molar-refractivity contribution >= 4 is 22.5 Å². The molecule has 2 N–H and O–H groups in total. The number of H-pyrrole nitrogens is 1. The molecule has 11 heteroatoms. The van der Waals surface area contributed by atoms with Crippen molar-refractivity contribution in [2.24, 2.45) is 0 Å². The van der Waals surface area contributed by atoms with Crippen molar-refractivity contribution in [3.05, 3.63) is 69.3 Å². The molecular weight excluding hydrogens is 466 g/mol. The summed E-state index contributed by atoms with van der Waals surface area (Å²) in [7, 11) is 0. The zero-order valence-corrected chi connectivity index (χ0v) is 18.7. The minimum atomic E-state index is -3.09. The molecule has 0 bridgehead atoms. The molecular formula is C24H23F4N5O2. The van der Waals surface area contributed by atoms with Gasteiger partial charge in [-0.25, -0.2) is 22.5 Å². The molecule has 1 aliphatic carbocycles. The van der Waals surface area contributed by atoms with Crippen LogP contribution >= 0.6 is 0 Å². The van der Waals surface area contributed by atoms with Gasteiger partial charge in [-0.15, -0.1) is 0 Å². The van der Waals surface area contributed by atoms with E-state index in [1.807, 2.05) is 11.0 Å². The van der Waals surface area contributed by atoms with E-state index in [1.54, 1.807) is 12.3 Å². The normalized spacial score (nSPS) is 16.8. The van der Waals surface area contributed by atoms with Crippen molar-refractivity contribution in [3.63, 3.8) is 0 Å². The van der Waals surface area contributed by atoms with Gasteiger partial charge in [-0.2, -0.15) is 0 Å². The molecule has 0 spiro atoms. The van der Waals surface area contributed by atoms with Crippen molar-refractivity contribution in [2.75, 3.05) is 31.1 Å². The Morgan fingerprint density at radius 3 is 2.51 bits per heavy atom. The van der Waals surface area contributed by atoms with Crippen molar-refractivity contribution in [2.45, 2.75) is 31.9 Å². The van der Waals surface area contributed by atoms with E-state index >= 15 is 4.39 Å². The minimum Gasteiger partial charge on any atom is -0.368 e. The zero-order valence-electron chi connectivity index (χ0n) is 18.7. The van der Waals surface area contributed by atoms with Crippen LogP contribution < -0.4 is 15.8 Å². The van der Waals surface area contributed by atoms with Crippen LogP contribution in [-0.4, -0.2) is 53.0 Å². The van der Waals surface area contributed by atoms with Crippen LogP contribution in [0.15, 0.2) is 35.3 Å². The van der Waals surface area contributed by atoms with Crippen LogP contribution in [0.1, 0.15) is 40.9 Å². The molecule has 1 aromatic carbocycles. The Morgan fingerprint density at radius 1 is 1.14 bits per heavy atom. The monoisotopic (exact) mass is 489 g/mol. The summed E-state index contributed by atoms with van der Waals surface area (Å²) in [5, 5.41) is 2.51. The molecule has 1 saturated heterocycles. The third kappa shape index (κ3) is 4.86. The van der Waals surface area contributed by atoms with Gasteiger partial charge < -0.3 is 15.2 Å². The van der Waals surface area contributed by atoms with E-state index in [-0.39, 0.29) is 29.4 Å². The summed E-state index contributed by atoms with van der Waals surface area (Å²) in [6, 6.07) is 5.48. The molecule has 1 saturated carbocycles. The number of alkyl halides is 2. The zero-order chi connectivity index (χ0) is 24.7. The van der Waals surface area contributed by atoms with E-state index in [1.165, 1.54) is 0 Å². The third-order valence-corrected chi connectivity index (χ3v) is 6.39. The predicted molar refractivity (Wildman–Crippen MR) is 122 cm³/mol. The van der Waals surface area contributed by atoms with Gasteiger partial charge in [-0.1, -0.05) is 0 Å². The fourth-order valence-corrected chi connectivity index (χ4v) is 4.24. The lowest BCUT2D eigenvalue weighted by Crippen LogP contribution is -2.46. The topological polar surface area (TPSA) is 81.3 Å². The number of nitrogens with one attached hydrogen (secondary N) is 2. The van der Waals surface area contributed by atoms with Crippen molar-refractivity contribution < 1.29 is 22.4 Å². The highest BCUT2D eigenvalue weighted by Gasteiger charge is 2.25. The molecule has 5 rings (SSSR count). The maximum Gasteiger partial charge on any atom is 0.270 e. The lowest BCUT2D eigenvalue weighted by molar-refractivity contribution is 0.0946. The van der Waals surface area contributed by atoms with Crippen molar-refractivity contribution in [1.29, 1.82) is 0 Å². The number of amides is 1. The Hall–Kier alpha value is -3.47. The standard InChI is InChI=1S/C24H23F4N5O2/c25-18-9-13(20(26)21-16(18)10-17(22(27)28)23(34)31-21)12-32-5-7-33(8-6-32)15-3-4-19(29-11-15)24(35)30-14-1-2-14/h3-4,9-11,14,22H,1-2,5-8,12H2,(H,30,35)(H,31,34). The van der Waals surface area contributed by atoms with E-state index in [2.05, 4.69) is 20.2 Å². The van der Waals surface area contributed by atoms with E-state index in [9.17, 15) is 22.8 Å². The van der Waals surface area contributed by atoms with Crippen LogP contribution in [0, 0.1) is 11.6 Å². The number of piperazine rings is 1. The maximum atomic E-state index is 15.0. The highest BCUT2D eigenvalue weighted by Crippen LogP contribution is 2.27. The number of hydrogen-bond donors (Lipinski definition) is 2. The maximum absolute atomic E-state index is 15.0. The van der Waals surface area contributed by atoms with E-state index in [4.69, 9.17) is 0 Å². The molecule has 1 amide bonds. The first-order valence-electron chi connectivity index (χ1n) is 11.4. The smallest absolute Gasteiger partial charge is 0.270 e. The molecule has 2 aromatic heterocycles. The lowest BCUT2D eigenvalue weighted by Gasteiger charge is -2.36. The Kier molecular flexibility index (Phi) is 6.18. The predicted octanol–water partition coefficient (Wildman–Crippen LogP) is 3.35. The molecule has 2 aliphatic rings. The van der Waals surface area contributed by atoms with Crippen LogP contribution in [0.5, 0.6) is 0 Å². The second-order valence-corrected chi connectivity index (χ2v) is 8.89. The Bertz CT molecular complexity index is 1320. The van der Waals surface area contributed by atoms with Gasteiger partial charge in [0.1, 0.15) is 11.5 Å². The number of hydrogen-bond acceptors (Lipinski definition) is 5. The number of pyridine rings is 2. The number of halogens is 4. The SMILES string of the molecule is O=C(NC1CC1)c1ccc(N2CCN(Cc3cc(F)c4cc(C(F)F)c(=O)[nH]c4c3F)CC2)cn1. The van der Waals surface area contributed by atoms with Gasteiger partial charge in [-0.3, -0.25) is 14.5 Å². The van der Waals surface area contributed by atoms with Crippen molar-refractivity contribution in [1.82, 2.24) is 20.2 Å². The van der Waals surface area contributed by atoms with Gasteiger partial charge in [0.2, 0.25) is 0 Å². The first-order valence-corrected chi connectivity index (χ1v) is 11.4. The second-order valence-electron chi connectivity index (χ2n) is 8.89. The van der Waals surface area contributed by atoms with Gasteiger partial charge >= 0.3 is 0 Å². The molecule has 1 aliphatic heterocycles. The molecule has 35 heavy (non-hydrogen) atoms. The third-order valence-electron chi connectivity index (χ3n) is 6.39. The number of carbonyl (C=O) groups excluding carboxylic acids is 1. The fraction of sp³-hybridized carbons (Fsp3) is 0.375. The van der Waals surface area contributed by atoms with Crippen LogP contribution in [0.2, 0.25) is 0 Å². The van der Waals surface area contributed by atoms with Crippen LogP contribution in [-0.2, 0) is 6.54 Å². The molecule has 0 atom stereocenters. The highest BCUT2D eigenvalue weighted by molar-refractivity contribution is 5.92. The van der Waals surface area contributed by atoms with E-state index in [0.717, 1.165) is 24.6 Å². The molecule has 3 aromatic rings. The van der Waals surface area contributed by atoms with E-state index < -0.39 is 34.7 Å². The first-order chi connectivity index (χ1) is 16.8. The molecule has 2 fully saturated rings. The number of carbonyl (C=O) groups is 1. The number of rotatable bonds is 6. The van der Waals surface area contributed by atoms with Gasteiger partial charge in [0, 0.05) is 49.7 Å². The number of fused-ring (bicyclic) bond motifs is 1. The quantitative estimate of drug-likeness (QED) is 0.519. The van der Waals surface area contributed by atoms with Gasteiger partial charge in [0.25, 0.3) is 17.9 Å². The average molecular weight is 489 g/mol. The molecule has 184 valence electrons. The van der Waals surface area contributed by atoms with Gasteiger partial charge in [-0.05, 0) is 37.1 Å². The van der Waals surface area contributed by atoms with Crippen LogP contribution in [0.25, 0.3) is 10.9 Å². The van der Waals surface area contributed by atoms with Crippen LogP contribution in [0.4, 0.5) is 23.2 Å². The fourth-order valence-electron chi connectivity index (χ4n) is 4.24. The number of aromatic amines is 1. The summed E-state index contributed by atoms with van der Waals surface area (Å²) in [4.78, 5) is 34.3. The number of aromatic nitrogens is 2. The summed E-state index contributed by atoms with van der Waals surface area (Å²) in [6.07, 6.45) is 0.566. The molecule has 7 nitrogen and oxygen atoms in total. The first kappa shape index (κ1) is 23.3. The highest BCUT2D eigenvalue weighted by atomic mass is 19.3. The second kappa shape index (κ2) is 9.29. The Morgan fingerprint density at radius 2 is 1.89 bits per heavy atom. The summed E-state index contributed by atoms with van der Waals surface area (Å²) in [5.74, 6) is -1.88. The number of benzene rings is 1. The number of anilines is 1.